The maximum Gasteiger partial charge on any atom is 0.178 e. The van der Waals surface area contributed by atoms with Crippen LogP contribution in [0.2, 0.25) is 0 Å². The molecule has 5 aromatic rings. The van der Waals surface area contributed by atoms with Crippen LogP contribution in [0.15, 0.2) is 91.0 Å². The summed E-state index contributed by atoms with van der Waals surface area (Å²) >= 11 is 0. The van der Waals surface area contributed by atoms with E-state index in [4.69, 9.17) is 33.5 Å². The van der Waals surface area contributed by atoms with E-state index in [9.17, 15) is 0 Å². The van der Waals surface area contributed by atoms with Gasteiger partial charge in [-0.15, -0.1) is 0 Å². The predicted octanol–water partition coefficient (Wildman–Crippen LogP) is 9.11. The molecule has 1 N–H and O–H groups in total. The SMILES string of the molecule is CCCCC1(OCCOCCOCCO)c2cc(C)ccc2-c2c1c1c(c3cc(C)ccc23)OC(c2ccc(OC)cc2)(c2ccc(N3CCOCC3)cc2)C=C1. The van der Waals surface area contributed by atoms with Crippen LogP contribution in [0.1, 0.15) is 65.1 Å². The Labute approximate surface area is 336 Å². The average Bonchev–Trinajstić information content (AvgIpc) is 3.53. The Balaban J connectivity index is 1.30. The Hall–Kier alpha value is -4.70. The van der Waals surface area contributed by atoms with Gasteiger partial charge in [-0.2, -0.15) is 0 Å². The topological polar surface area (TPSA) is 78.9 Å². The van der Waals surface area contributed by atoms with E-state index in [-0.39, 0.29) is 6.61 Å². The van der Waals surface area contributed by atoms with Crippen molar-refractivity contribution >= 4 is 22.5 Å². The third kappa shape index (κ3) is 7.34. The molecule has 57 heavy (non-hydrogen) atoms. The fraction of sp³-hybridized carbons (Fsp3) is 0.388. The third-order valence-corrected chi connectivity index (χ3v) is 11.7. The number of benzene rings is 5. The largest absolute Gasteiger partial charge is 0.497 e. The van der Waals surface area contributed by atoms with Crippen molar-refractivity contribution in [3.05, 3.63) is 130 Å². The van der Waals surface area contributed by atoms with Crippen molar-refractivity contribution in [1.29, 1.82) is 0 Å². The van der Waals surface area contributed by atoms with Crippen molar-refractivity contribution in [3.63, 3.8) is 0 Å². The van der Waals surface area contributed by atoms with Gasteiger partial charge in [0.2, 0.25) is 0 Å². The molecule has 2 atom stereocenters. The lowest BCUT2D eigenvalue weighted by molar-refractivity contribution is -0.0570. The summed E-state index contributed by atoms with van der Waals surface area (Å²) in [6.45, 7) is 11.8. The molecule has 2 aliphatic heterocycles. The zero-order chi connectivity index (χ0) is 39.4. The molecule has 1 saturated heterocycles. The van der Waals surface area contributed by atoms with Crippen LogP contribution in [0.4, 0.5) is 5.69 Å². The number of ether oxygens (including phenoxy) is 6. The fourth-order valence-corrected chi connectivity index (χ4v) is 8.93. The highest BCUT2D eigenvalue weighted by atomic mass is 16.6. The van der Waals surface area contributed by atoms with E-state index in [0.717, 1.165) is 90.1 Å². The molecule has 8 rings (SSSR count). The van der Waals surface area contributed by atoms with Crippen molar-refractivity contribution in [2.24, 2.45) is 0 Å². The minimum absolute atomic E-state index is 0.000449. The van der Waals surface area contributed by atoms with E-state index in [1.54, 1.807) is 7.11 Å². The molecule has 3 aliphatic rings. The molecular formula is C49H55NO7. The van der Waals surface area contributed by atoms with Gasteiger partial charge in [0.05, 0.1) is 60.0 Å². The number of aryl methyl sites for hydroxylation is 2. The van der Waals surface area contributed by atoms with E-state index >= 15 is 0 Å². The lowest BCUT2D eigenvalue weighted by Gasteiger charge is -2.40. The van der Waals surface area contributed by atoms with Gasteiger partial charge < -0.3 is 38.4 Å². The van der Waals surface area contributed by atoms with E-state index in [1.807, 2.05) is 12.1 Å². The molecule has 1 aliphatic carbocycles. The normalized spacial score (nSPS) is 19.6. The predicted molar refractivity (Wildman–Crippen MR) is 227 cm³/mol. The van der Waals surface area contributed by atoms with Crippen LogP contribution in [0, 0.1) is 13.8 Å². The van der Waals surface area contributed by atoms with Gasteiger partial charge in [0, 0.05) is 46.4 Å². The van der Waals surface area contributed by atoms with Crippen molar-refractivity contribution < 1.29 is 33.5 Å². The van der Waals surface area contributed by atoms with Gasteiger partial charge in [-0.1, -0.05) is 91.6 Å². The molecular weight excluding hydrogens is 715 g/mol. The first-order chi connectivity index (χ1) is 27.9. The number of hydrogen-bond donors (Lipinski definition) is 1. The second kappa shape index (κ2) is 17.0. The Morgan fingerprint density at radius 3 is 2.18 bits per heavy atom. The van der Waals surface area contributed by atoms with Crippen LogP contribution in [0.25, 0.3) is 28.0 Å². The molecule has 0 amide bonds. The molecule has 298 valence electrons. The molecule has 0 saturated carbocycles. The van der Waals surface area contributed by atoms with Crippen LogP contribution in [-0.4, -0.2) is 78.2 Å². The number of rotatable bonds is 16. The number of unbranched alkanes of at least 4 members (excludes halogenated alkanes) is 1. The monoisotopic (exact) mass is 769 g/mol. The number of morpholine rings is 1. The van der Waals surface area contributed by atoms with Gasteiger partial charge >= 0.3 is 0 Å². The Bertz CT molecular complexity index is 2210. The second-order valence-corrected chi connectivity index (χ2v) is 15.4. The molecule has 8 nitrogen and oxygen atoms in total. The zero-order valence-corrected chi connectivity index (χ0v) is 33.8. The Kier molecular flexibility index (Phi) is 11.7. The van der Waals surface area contributed by atoms with E-state index in [2.05, 4.69) is 111 Å². The average molecular weight is 770 g/mol. The first-order valence-corrected chi connectivity index (χ1v) is 20.5. The quantitative estimate of drug-likeness (QED) is 0.0997. The summed E-state index contributed by atoms with van der Waals surface area (Å²) in [5.74, 6) is 1.65. The maximum absolute atomic E-state index is 9.08. The number of nitrogens with zero attached hydrogens (tertiary/aromatic N) is 1. The summed E-state index contributed by atoms with van der Waals surface area (Å²) in [5, 5.41) is 11.3. The molecule has 0 aromatic heterocycles. The van der Waals surface area contributed by atoms with Crippen LogP contribution >= 0.6 is 0 Å². The number of hydrogen-bond acceptors (Lipinski definition) is 8. The standard InChI is InChI=1S/C49H55NO7/c1-5-6-20-49(56-31-30-55-29-28-54-27-24-51)44-33-35(3)8-18-41(44)45-40-17-7-34(2)32-43(40)47-42(46(45)49)19-21-48(57-47,37-11-15-39(52-4)16-12-37)36-9-13-38(14-10-36)50-22-25-53-26-23-50/h7-19,21,32-33,51H,5-6,20,22-31H2,1-4H3. The second-order valence-electron chi connectivity index (χ2n) is 15.4. The smallest absolute Gasteiger partial charge is 0.178 e. The molecule has 0 bridgehead atoms. The molecule has 5 aromatic carbocycles. The summed E-state index contributed by atoms with van der Waals surface area (Å²) in [7, 11) is 1.70. The summed E-state index contributed by atoms with van der Waals surface area (Å²) < 4.78 is 37.6. The molecule has 2 heterocycles. The minimum Gasteiger partial charge on any atom is -0.497 e. The molecule has 8 heteroatoms. The number of aliphatic hydroxyl groups is 1. The van der Waals surface area contributed by atoms with Crippen molar-refractivity contribution in [2.45, 2.75) is 51.2 Å². The highest BCUT2D eigenvalue weighted by molar-refractivity contribution is 6.08. The van der Waals surface area contributed by atoms with Crippen molar-refractivity contribution in [3.8, 4) is 22.6 Å². The van der Waals surface area contributed by atoms with E-state index in [0.29, 0.717) is 33.0 Å². The number of fused-ring (bicyclic) bond motifs is 8. The van der Waals surface area contributed by atoms with Gasteiger partial charge in [0.1, 0.15) is 17.1 Å². The summed E-state index contributed by atoms with van der Waals surface area (Å²) in [5.41, 5.74) is 9.80. The lowest BCUT2D eigenvalue weighted by atomic mass is 9.78. The van der Waals surface area contributed by atoms with Crippen LogP contribution in [0.3, 0.4) is 0 Å². The summed E-state index contributed by atoms with van der Waals surface area (Å²) in [6, 6.07) is 30.7. The highest BCUT2D eigenvalue weighted by Gasteiger charge is 2.49. The van der Waals surface area contributed by atoms with Crippen LogP contribution in [-0.2, 0) is 30.1 Å². The van der Waals surface area contributed by atoms with Gasteiger partial charge in [0.15, 0.2) is 5.60 Å². The van der Waals surface area contributed by atoms with E-state index < -0.39 is 11.2 Å². The van der Waals surface area contributed by atoms with Crippen LogP contribution in [0.5, 0.6) is 11.5 Å². The molecule has 0 radical (unpaired) electrons. The highest BCUT2D eigenvalue weighted by Crippen LogP contribution is 2.60. The Morgan fingerprint density at radius 1 is 0.772 bits per heavy atom. The number of methoxy groups -OCH3 is 1. The van der Waals surface area contributed by atoms with Crippen molar-refractivity contribution in [1.82, 2.24) is 0 Å². The number of aliphatic hydroxyl groups excluding tert-OH is 1. The minimum atomic E-state index is -0.922. The molecule has 1 fully saturated rings. The van der Waals surface area contributed by atoms with Crippen molar-refractivity contribution in [2.75, 3.05) is 78.0 Å². The van der Waals surface area contributed by atoms with Crippen LogP contribution < -0.4 is 14.4 Å². The van der Waals surface area contributed by atoms with Gasteiger partial charge in [-0.3, -0.25) is 0 Å². The number of anilines is 1. The fourth-order valence-electron chi connectivity index (χ4n) is 8.93. The zero-order valence-electron chi connectivity index (χ0n) is 33.8. The first kappa shape index (κ1) is 39.1. The lowest BCUT2D eigenvalue weighted by Crippen LogP contribution is -2.37. The molecule has 0 spiro atoms. The third-order valence-electron chi connectivity index (χ3n) is 11.7. The van der Waals surface area contributed by atoms with E-state index in [1.165, 1.54) is 33.5 Å². The summed E-state index contributed by atoms with van der Waals surface area (Å²) in [4.78, 5) is 2.38. The van der Waals surface area contributed by atoms with Gasteiger partial charge in [-0.05, 0) is 78.8 Å². The first-order valence-electron chi connectivity index (χ1n) is 20.5. The molecule has 2 unspecified atom stereocenters. The maximum atomic E-state index is 9.08. The van der Waals surface area contributed by atoms with Gasteiger partial charge in [0.25, 0.3) is 0 Å². The Morgan fingerprint density at radius 2 is 1.46 bits per heavy atom. The van der Waals surface area contributed by atoms with Gasteiger partial charge in [-0.25, -0.2) is 0 Å². The summed E-state index contributed by atoms with van der Waals surface area (Å²) in [6.07, 6.45) is 7.38.